The van der Waals surface area contributed by atoms with E-state index in [1.807, 2.05) is 24.3 Å². The number of nitrogens with zero attached hydrogens (tertiary/aromatic N) is 2. The van der Waals surface area contributed by atoms with Gasteiger partial charge in [-0.25, -0.2) is 0 Å². The second-order valence-electron chi connectivity index (χ2n) is 3.27. The number of nitrogens with two attached hydrogens (primary N) is 2. The van der Waals surface area contributed by atoms with Crippen LogP contribution in [-0.2, 0) is 11.3 Å². The molecule has 0 saturated heterocycles. The third-order valence-electron chi connectivity index (χ3n) is 1.92. The molecule has 0 aliphatic heterocycles. The van der Waals surface area contributed by atoms with Gasteiger partial charge in [0.05, 0.1) is 19.4 Å². The largest absolute Gasteiger partial charge is 0.373 e. The van der Waals surface area contributed by atoms with Crippen molar-refractivity contribution in [1.29, 1.82) is 0 Å². The first-order chi connectivity index (χ1) is 8.24. The molecule has 0 amide bonds. The van der Waals surface area contributed by atoms with Crippen molar-refractivity contribution in [3.05, 3.63) is 48.0 Å². The molecular formula is C12H16N4O. The summed E-state index contributed by atoms with van der Waals surface area (Å²) in [4.78, 5) is 0. The SMILES string of the molecule is C=CCOCc1ccccc1C=NN=C(N)N. The average Bonchev–Trinajstić information content (AvgIpc) is 2.31. The summed E-state index contributed by atoms with van der Waals surface area (Å²) in [6.07, 6.45) is 3.29. The Balaban J connectivity index is 2.73. The molecule has 1 rings (SSSR count). The van der Waals surface area contributed by atoms with Crippen LogP contribution >= 0.6 is 0 Å². The van der Waals surface area contributed by atoms with E-state index in [1.165, 1.54) is 0 Å². The minimum Gasteiger partial charge on any atom is -0.373 e. The van der Waals surface area contributed by atoms with Crippen LogP contribution in [0.2, 0.25) is 0 Å². The maximum Gasteiger partial charge on any atom is 0.211 e. The van der Waals surface area contributed by atoms with Crippen molar-refractivity contribution in [3.8, 4) is 0 Å². The van der Waals surface area contributed by atoms with Gasteiger partial charge in [-0.15, -0.1) is 11.7 Å². The molecule has 0 fully saturated rings. The molecule has 17 heavy (non-hydrogen) atoms. The summed E-state index contributed by atoms with van der Waals surface area (Å²) in [7, 11) is 0. The Labute approximate surface area is 100 Å². The highest BCUT2D eigenvalue weighted by atomic mass is 16.5. The van der Waals surface area contributed by atoms with Crippen molar-refractivity contribution in [2.75, 3.05) is 6.61 Å². The molecule has 5 heteroatoms. The molecule has 4 N–H and O–H groups in total. The Morgan fingerprint density at radius 3 is 2.82 bits per heavy atom. The predicted molar refractivity (Wildman–Crippen MR) is 69.7 cm³/mol. The number of hydrogen-bond donors (Lipinski definition) is 2. The molecule has 1 aromatic rings. The van der Waals surface area contributed by atoms with E-state index in [0.717, 1.165) is 11.1 Å². The molecule has 0 aliphatic carbocycles. The molecular weight excluding hydrogens is 216 g/mol. The quantitative estimate of drug-likeness (QED) is 0.252. The maximum absolute atomic E-state index is 5.37. The van der Waals surface area contributed by atoms with E-state index < -0.39 is 0 Å². The lowest BCUT2D eigenvalue weighted by atomic mass is 10.1. The summed E-state index contributed by atoms with van der Waals surface area (Å²) in [6.45, 7) is 4.60. The molecule has 0 aromatic heterocycles. The molecule has 5 nitrogen and oxygen atoms in total. The van der Waals surface area contributed by atoms with Crippen LogP contribution in [0.4, 0.5) is 0 Å². The fraction of sp³-hybridized carbons (Fsp3) is 0.167. The van der Waals surface area contributed by atoms with E-state index in [0.29, 0.717) is 13.2 Å². The summed E-state index contributed by atoms with van der Waals surface area (Å²) >= 11 is 0. The Kier molecular flexibility index (Phi) is 5.46. The number of ether oxygens (including phenoxy) is 1. The van der Waals surface area contributed by atoms with Gasteiger partial charge in [-0.1, -0.05) is 30.3 Å². The van der Waals surface area contributed by atoms with Gasteiger partial charge in [0.15, 0.2) is 0 Å². The minimum atomic E-state index is -0.0679. The zero-order chi connectivity index (χ0) is 12.5. The molecule has 0 saturated carbocycles. The normalized spacial score (nSPS) is 10.4. The molecule has 0 heterocycles. The molecule has 0 unspecified atom stereocenters. The molecule has 0 atom stereocenters. The van der Waals surface area contributed by atoms with E-state index in [2.05, 4.69) is 16.8 Å². The van der Waals surface area contributed by atoms with Crippen molar-refractivity contribution < 1.29 is 4.74 Å². The van der Waals surface area contributed by atoms with E-state index in [4.69, 9.17) is 16.2 Å². The number of guanidine groups is 1. The zero-order valence-corrected chi connectivity index (χ0v) is 9.54. The van der Waals surface area contributed by atoms with Gasteiger partial charge in [0.25, 0.3) is 0 Å². The fourth-order valence-corrected chi connectivity index (χ4v) is 1.20. The van der Waals surface area contributed by atoms with Gasteiger partial charge in [-0.05, 0) is 5.56 Å². The highest BCUT2D eigenvalue weighted by Crippen LogP contribution is 2.07. The first-order valence-corrected chi connectivity index (χ1v) is 5.12. The van der Waals surface area contributed by atoms with Gasteiger partial charge < -0.3 is 16.2 Å². The first-order valence-electron chi connectivity index (χ1n) is 5.12. The molecule has 0 aliphatic rings. The smallest absolute Gasteiger partial charge is 0.211 e. The van der Waals surface area contributed by atoms with Crippen LogP contribution in [0.5, 0.6) is 0 Å². The van der Waals surface area contributed by atoms with Crippen LogP contribution in [0.3, 0.4) is 0 Å². The third kappa shape index (κ3) is 4.94. The van der Waals surface area contributed by atoms with E-state index in [1.54, 1.807) is 12.3 Å². The third-order valence-corrected chi connectivity index (χ3v) is 1.92. The van der Waals surface area contributed by atoms with E-state index in [9.17, 15) is 0 Å². The second kappa shape index (κ2) is 7.19. The topological polar surface area (TPSA) is 86.0 Å². The van der Waals surface area contributed by atoms with Crippen LogP contribution in [0.25, 0.3) is 0 Å². The van der Waals surface area contributed by atoms with Gasteiger partial charge in [-0.2, -0.15) is 5.10 Å². The Hall–Kier alpha value is -2.14. The van der Waals surface area contributed by atoms with Gasteiger partial charge in [0.1, 0.15) is 0 Å². The van der Waals surface area contributed by atoms with E-state index >= 15 is 0 Å². The Bertz CT molecular complexity index is 422. The summed E-state index contributed by atoms with van der Waals surface area (Å²) in [5.74, 6) is -0.0679. The number of benzene rings is 1. The van der Waals surface area contributed by atoms with Crippen molar-refractivity contribution in [3.63, 3.8) is 0 Å². The highest BCUT2D eigenvalue weighted by Gasteiger charge is 1.98. The van der Waals surface area contributed by atoms with Gasteiger partial charge >= 0.3 is 0 Å². The van der Waals surface area contributed by atoms with Gasteiger partial charge in [0, 0.05) is 5.56 Å². The van der Waals surface area contributed by atoms with Crippen LogP contribution in [0.1, 0.15) is 11.1 Å². The summed E-state index contributed by atoms with van der Waals surface area (Å²) in [5, 5.41) is 7.31. The molecule has 1 aromatic carbocycles. The van der Waals surface area contributed by atoms with Crippen LogP contribution in [-0.4, -0.2) is 18.8 Å². The zero-order valence-electron chi connectivity index (χ0n) is 9.54. The predicted octanol–water partition coefficient (Wildman–Crippen LogP) is 0.997. The second-order valence-corrected chi connectivity index (χ2v) is 3.27. The summed E-state index contributed by atoms with van der Waals surface area (Å²) in [6, 6.07) is 7.72. The van der Waals surface area contributed by atoms with Crippen molar-refractivity contribution in [2.45, 2.75) is 6.61 Å². The van der Waals surface area contributed by atoms with Crippen molar-refractivity contribution in [1.82, 2.24) is 0 Å². The molecule has 90 valence electrons. The van der Waals surface area contributed by atoms with Crippen LogP contribution < -0.4 is 11.5 Å². The Morgan fingerprint density at radius 1 is 1.35 bits per heavy atom. The molecule has 0 bridgehead atoms. The van der Waals surface area contributed by atoms with Crippen LogP contribution in [0, 0.1) is 0 Å². The van der Waals surface area contributed by atoms with Gasteiger partial charge in [-0.3, -0.25) is 0 Å². The highest BCUT2D eigenvalue weighted by molar-refractivity contribution is 5.83. The lowest BCUT2D eigenvalue weighted by Crippen LogP contribution is -2.21. The van der Waals surface area contributed by atoms with Gasteiger partial charge in [0.2, 0.25) is 5.96 Å². The number of hydrogen-bond acceptors (Lipinski definition) is 3. The summed E-state index contributed by atoms with van der Waals surface area (Å²) < 4.78 is 5.37. The lowest BCUT2D eigenvalue weighted by Gasteiger charge is -2.04. The Morgan fingerprint density at radius 2 is 2.12 bits per heavy atom. The molecule has 0 spiro atoms. The fourth-order valence-electron chi connectivity index (χ4n) is 1.20. The van der Waals surface area contributed by atoms with Crippen LogP contribution in [0.15, 0.2) is 47.1 Å². The lowest BCUT2D eigenvalue weighted by molar-refractivity contribution is 0.149. The average molecular weight is 232 g/mol. The van der Waals surface area contributed by atoms with E-state index in [-0.39, 0.29) is 5.96 Å². The van der Waals surface area contributed by atoms with Crippen molar-refractivity contribution in [2.24, 2.45) is 21.7 Å². The minimum absolute atomic E-state index is 0.0679. The number of rotatable bonds is 6. The molecule has 0 radical (unpaired) electrons. The van der Waals surface area contributed by atoms with Crippen molar-refractivity contribution >= 4 is 12.2 Å². The first kappa shape index (κ1) is 12.9. The summed E-state index contributed by atoms with van der Waals surface area (Å²) in [5.41, 5.74) is 12.3. The maximum atomic E-state index is 5.37. The monoisotopic (exact) mass is 232 g/mol. The standard InChI is InChI=1S/C12H16N4O/c1-2-7-17-9-11-6-4-3-5-10(11)8-15-16-12(13)14/h2-6,8H,1,7,9H2,(H4,13,14,16).